The zero-order valence-corrected chi connectivity index (χ0v) is 16.6. The third-order valence-corrected chi connectivity index (χ3v) is 4.56. The van der Waals surface area contributed by atoms with Crippen LogP contribution in [0.15, 0.2) is 48.5 Å². The van der Waals surface area contributed by atoms with Gasteiger partial charge in [0.15, 0.2) is 0 Å². The number of nitrogens with zero attached hydrogens (tertiary/aromatic N) is 1. The van der Waals surface area contributed by atoms with E-state index >= 15 is 0 Å². The van der Waals surface area contributed by atoms with Crippen LogP contribution in [0, 0.1) is 5.92 Å². The van der Waals surface area contributed by atoms with E-state index in [-0.39, 0.29) is 31.0 Å². The van der Waals surface area contributed by atoms with E-state index in [1.54, 1.807) is 48.5 Å². The van der Waals surface area contributed by atoms with Crippen molar-refractivity contribution in [1.82, 2.24) is 10.2 Å². The molecule has 152 valence electrons. The smallest absolute Gasteiger partial charge is 0.319 e. The van der Waals surface area contributed by atoms with Crippen molar-refractivity contribution >= 4 is 23.5 Å². The first-order valence-electron chi connectivity index (χ1n) is 9.68. The fraction of sp³-hybridized carbons (Fsp3) is 0.318. The zero-order valence-electron chi connectivity index (χ0n) is 16.6. The molecule has 0 atom stereocenters. The third-order valence-electron chi connectivity index (χ3n) is 4.56. The molecule has 2 aromatic rings. The second kappa shape index (κ2) is 9.23. The summed E-state index contributed by atoms with van der Waals surface area (Å²) in [5, 5.41) is 5.57. The Balaban J connectivity index is 1.49. The molecule has 29 heavy (non-hydrogen) atoms. The molecule has 7 heteroatoms. The molecule has 3 rings (SSSR count). The number of carbonyl (C=O) groups excluding carboxylic acids is 3. The lowest BCUT2D eigenvalue weighted by Gasteiger charge is -2.15. The summed E-state index contributed by atoms with van der Waals surface area (Å²) in [6, 6.07) is 13.5. The number of ether oxygens (including phenoxy) is 1. The Bertz CT molecular complexity index is 875. The average Bonchev–Trinajstić information content (AvgIpc) is 2.93. The number of fused-ring (bicyclic) bond motifs is 1. The van der Waals surface area contributed by atoms with Crippen LogP contribution in [0.1, 0.15) is 41.0 Å². The van der Waals surface area contributed by atoms with E-state index in [1.807, 2.05) is 0 Å². The average molecular weight is 395 g/mol. The first-order chi connectivity index (χ1) is 14.0. The lowest BCUT2D eigenvalue weighted by Crippen LogP contribution is -2.33. The summed E-state index contributed by atoms with van der Waals surface area (Å²) in [5.74, 6) is 0.459. The van der Waals surface area contributed by atoms with Crippen LogP contribution in [0.2, 0.25) is 0 Å². The molecule has 0 aromatic heterocycles. The van der Waals surface area contributed by atoms with Crippen molar-refractivity contribution in [2.45, 2.75) is 20.3 Å². The maximum atomic E-state index is 12.3. The molecular formula is C22H25N3O4. The summed E-state index contributed by atoms with van der Waals surface area (Å²) in [6.07, 6.45) is 0.911. The Labute approximate surface area is 170 Å². The van der Waals surface area contributed by atoms with Crippen molar-refractivity contribution in [2.75, 3.05) is 25.0 Å². The van der Waals surface area contributed by atoms with Crippen LogP contribution in [0.5, 0.6) is 5.75 Å². The van der Waals surface area contributed by atoms with Crippen molar-refractivity contribution in [3.8, 4) is 5.75 Å². The number of urea groups is 1. The minimum atomic E-state index is -0.303. The molecule has 0 bridgehead atoms. The Hall–Kier alpha value is -3.35. The van der Waals surface area contributed by atoms with Crippen LogP contribution >= 0.6 is 0 Å². The standard InChI is InChI=1S/C22H25N3O4/c1-15(2)10-11-23-22(28)24-16-6-5-7-17(14-16)29-13-12-25-20(26)18-8-3-4-9-19(18)21(25)27/h3-9,14-15H,10-13H2,1-2H3,(H2,23,24,28). The van der Waals surface area contributed by atoms with Crippen molar-refractivity contribution in [1.29, 1.82) is 0 Å². The quantitative estimate of drug-likeness (QED) is 0.670. The number of amides is 4. The molecule has 0 fully saturated rings. The molecule has 0 spiro atoms. The van der Waals surface area contributed by atoms with Gasteiger partial charge in [-0.05, 0) is 36.6 Å². The summed E-state index contributed by atoms with van der Waals surface area (Å²) < 4.78 is 5.68. The number of benzene rings is 2. The maximum Gasteiger partial charge on any atom is 0.319 e. The van der Waals surface area contributed by atoms with Gasteiger partial charge in [0.1, 0.15) is 12.4 Å². The van der Waals surface area contributed by atoms with Crippen molar-refractivity contribution in [3.05, 3.63) is 59.7 Å². The second-order valence-electron chi connectivity index (χ2n) is 7.25. The minimum Gasteiger partial charge on any atom is -0.492 e. The molecule has 7 nitrogen and oxygen atoms in total. The summed E-state index contributed by atoms with van der Waals surface area (Å²) in [4.78, 5) is 37.8. The van der Waals surface area contributed by atoms with Crippen LogP contribution < -0.4 is 15.4 Å². The normalized spacial score (nSPS) is 12.9. The number of anilines is 1. The summed E-state index contributed by atoms with van der Waals surface area (Å²) in [7, 11) is 0. The molecule has 0 saturated heterocycles. The number of hydrogen-bond acceptors (Lipinski definition) is 4. The lowest BCUT2D eigenvalue weighted by molar-refractivity contribution is 0.0631. The molecular weight excluding hydrogens is 370 g/mol. The van der Waals surface area contributed by atoms with E-state index < -0.39 is 0 Å². The molecule has 0 saturated carbocycles. The van der Waals surface area contributed by atoms with E-state index in [4.69, 9.17) is 4.74 Å². The Morgan fingerprint density at radius 2 is 1.72 bits per heavy atom. The van der Waals surface area contributed by atoms with Crippen LogP contribution in [-0.4, -0.2) is 42.4 Å². The SMILES string of the molecule is CC(C)CCNC(=O)Nc1cccc(OCCN2C(=O)c3ccccc3C2=O)c1. The Morgan fingerprint density at radius 1 is 1.03 bits per heavy atom. The van der Waals surface area contributed by atoms with Crippen molar-refractivity contribution in [3.63, 3.8) is 0 Å². The second-order valence-corrected chi connectivity index (χ2v) is 7.25. The minimum absolute atomic E-state index is 0.152. The Kier molecular flexibility index (Phi) is 6.49. The maximum absolute atomic E-state index is 12.3. The van der Waals surface area contributed by atoms with E-state index in [2.05, 4.69) is 24.5 Å². The number of imide groups is 1. The molecule has 1 aliphatic rings. The first-order valence-corrected chi connectivity index (χ1v) is 9.68. The Morgan fingerprint density at radius 3 is 2.38 bits per heavy atom. The van der Waals surface area contributed by atoms with Gasteiger partial charge in [-0.1, -0.05) is 32.0 Å². The van der Waals surface area contributed by atoms with Gasteiger partial charge in [-0.15, -0.1) is 0 Å². The highest BCUT2D eigenvalue weighted by molar-refractivity contribution is 6.21. The molecule has 2 N–H and O–H groups in total. The van der Waals surface area contributed by atoms with Gasteiger partial charge >= 0.3 is 6.03 Å². The predicted octanol–water partition coefficient (Wildman–Crippen LogP) is 3.53. The fourth-order valence-electron chi connectivity index (χ4n) is 3.01. The van der Waals surface area contributed by atoms with Gasteiger partial charge < -0.3 is 15.4 Å². The monoisotopic (exact) mass is 395 g/mol. The molecule has 2 aromatic carbocycles. The third kappa shape index (κ3) is 5.13. The van der Waals surface area contributed by atoms with Gasteiger partial charge in [-0.2, -0.15) is 0 Å². The molecule has 1 aliphatic heterocycles. The van der Waals surface area contributed by atoms with Gasteiger partial charge in [0.25, 0.3) is 11.8 Å². The van der Waals surface area contributed by atoms with Gasteiger partial charge in [-0.3, -0.25) is 14.5 Å². The first kappa shape index (κ1) is 20.4. The summed E-state index contributed by atoms with van der Waals surface area (Å²) >= 11 is 0. The van der Waals surface area contributed by atoms with Gasteiger partial charge in [0.05, 0.1) is 17.7 Å². The summed E-state index contributed by atoms with van der Waals surface area (Å²) in [6.45, 7) is 5.12. The topological polar surface area (TPSA) is 87.7 Å². The largest absolute Gasteiger partial charge is 0.492 e. The van der Waals surface area contributed by atoms with Crippen LogP contribution in [0.3, 0.4) is 0 Å². The van der Waals surface area contributed by atoms with Gasteiger partial charge in [-0.25, -0.2) is 4.79 Å². The van der Waals surface area contributed by atoms with Crippen LogP contribution in [0.4, 0.5) is 10.5 Å². The number of rotatable bonds is 8. The number of carbonyl (C=O) groups is 3. The highest BCUT2D eigenvalue weighted by atomic mass is 16.5. The van der Waals surface area contributed by atoms with E-state index in [0.29, 0.717) is 35.0 Å². The zero-order chi connectivity index (χ0) is 20.8. The van der Waals surface area contributed by atoms with Crippen molar-refractivity contribution < 1.29 is 19.1 Å². The predicted molar refractivity (Wildman–Crippen MR) is 110 cm³/mol. The van der Waals surface area contributed by atoms with E-state index in [1.165, 1.54) is 4.90 Å². The highest BCUT2D eigenvalue weighted by Crippen LogP contribution is 2.22. The van der Waals surface area contributed by atoms with Crippen LogP contribution in [0.25, 0.3) is 0 Å². The van der Waals surface area contributed by atoms with Crippen molar-refractivity contribution in [2.24, 2.45) is 5.92 Å². The van der Waals surface area contributed by atoms with Gasteiger partial charge in [0.2, 0.25) is 0 Å². The number of hydrogen-bond donors (Lipinski definition) is 2. The molecule has 0 radical (unpaired) electrons. The molecule has 4 amide bonds. The highest BCUT2D eigenvalue weighted by Gasteiger charge is 2.34. The number of nitrogens with one attached hydrogen (secondary N) is 2. The van der Waals surface area contributed by atoms with E-state index in [9.17, 15) is 14.4 Å². The molecule has 0 unspecified atom stereocenters. The van der Waals surface area contributed by atoms with E-state index in [0.717, 1.165) is 6.42 Å². The van der Waals surface area contributed by atoms with Gasteiger partial charge in [0, 0.05) is 18.3 Å². The lowest BCUT2D eigenvalue weighted by atomic mass is 10.1. The fourth-order valence-corrected chi connectivity index (χ4v) is 3.01. The molecule has 0 aliphatic carbocycles. The summed E-state index contributed by atoms with van der Waals surface area (Å²) in [5.41, 5.74) is 1.45. The molecule has 1 heterocycles. The van der Waals surface area contributed by atoms with Crippen LogP contribution in [-0.2, 0) is 0 Å².